The first kappa shape index (κ1) is 18.7. The van der Waals surface area contributed by atoms with Gasteiger partial charge in [-0.1, -0.05) is 11.3 Å². The van der Waals surface area contributed by atoms with Gasteiger partial charge in [-0.05, 0) is 6.92 Å². The maximum absolute atomic E-state index is 14.1. The number of anilines is 1. The van der Waals surface area contributed by atoms with Crippen LogP contribution in [0.2, 0.25) is 0 Å². The van der Waals surface area contributed by atoms with Crippen LogP contribution in [0.1, 0.15) is 18.2 Å². The molecule has 0 aliphatic carbocycles. The van der Waals surface area contributed by atoms with E-state index in [0.29, 0.717) is 18.2 Å². The molecule has 1 aliphatic rings. The lowest BCUT2D eigenvalue weighted by atomic mass is 10.2. The van der Waals surface area contributed by atoms with Crippen LogP contribution < -0.4 is 14.8 Å². The number of nitrogens with one attached hydrogen (secondary N) is 1. The molecule has 26 heavy (non-hydrogen) atoms. The number of methoxy groups -OCH3 is 1. The molecular weight excluding hydrogens is 365 g/mol. The van der Waals surface area contributed by atoms with Crippen LogP contribution in [0.5, 0.6) is 11.8 Å². The number of rotatable bonds is 6. The van der Waals surface area contributed by atoms with Crippen molar-refractivity contribution in [3.8, 4) is 11.8 Å². The topological polar surface area (TPSA) is 113 Å². The van der Waals surface area contributed by atoms with Gasteiger partial charge in [0.1, 0.15) is 17.3 Å². The van der Waals surface area contributed by atoms with Crippen LogP contribution in [0.3, 0.4) is 0 Å². The molecule has 2 atom stereocenters. The Labute approximate surface area is 153 Å². The summed E-state index contributed by atoms with van der Waals surface area (Å²) in [6.45, 7) is 1.98. The third kappa shape index (κ3) is 3.56. The van der Waals surface area contributed by atoms with Crippen LogP contribution in [-0.2, 0) is 5.91 Å². The van der Waals surface area contributed by atoms with Crippen molar-refractivity contribution in [2.24, 2.45) is 0 Å². The number of hydrogen-bond acceptors (Lipinski definition) is 10. The molecule has 1 fully saturated rings. The molecule has 3 heterocycles. The van der Waals surface area contributed by atoms with Crippen LogP contribution in [0, 0.1) is 5.95 Å². The third-order valence-electron chi connectivity index (χ3n) is 4.15. The van der Waals surface area contributed by atoms with Gasteiger partial charge in [-0.2, -0.15) is 9.37 Å². The molecule has 1 aliphatic heterocycles. The van der Waals surface area contributed by atoms with Crippen molar-refractivity contribution in [2.45, 2.75) is 31.4 Å². The first-order chi connectivity index (χ1) is 12.3. The van der Waals surface area contributed by atoms with Crippen molar-refractivity contribution >= 4 is 16.5 Å². The van der Waals surface area contributed by atoms with Gasteiger partial charge in [0.2, 0.25) is 17.7 Å². The maximum atomic E-state index is 14.1. The summed E-state index contributed by atoms with van der Waals surface area (Å²) in [6.07, 6.45) is 1.47. The van der Waals surface area contributed by atoms with Gasteiger partial charge in [0.25, 0.3) is 5.91 Å². The van der Waals surface area contributed by atoms with Crippen LogP contribution in [-0.4, -0.2) is 62.9 Å². The summed E-state index contributed by atoms with van der Waals surface area (Å²) in [6, 6.07) is 1.28. The molecule has 142 valence electrons. The van der Waals surface area contributed by atoms with E-state index in [1.54, 1.807) is 13.1 Å². The highest BCUT2D eigenvalue weighted by atomic mass is 32.1. The van der Waals surface area contributed by atoms with Crippen LogP contribution >= 0.6 is 11.3 Å². The first-order valence-electron chi connectivity index (χ1n) is 7.93. The summed E-state index contributed by atoms with van der Waals surface area (Å²) in [5.74, 6) is -2.72. The number of thiazole rings is 1. The zero-order chi connectivity index (χ0) is 18.9. The zero-order valence-corrected chi connectivity index (χ0v) is 15.3. The van der Waals surface area contributed by atoms with Crippen LogP contribution in [0.25, 0.3) is 0 Å². The molecule has 1 saturated heterocycles. The van der Waals surface area contributed by atoms with Crippen molar-refractivity contribution in [1.29, 1.82) is 0 Å². The number of ether oxygens (including phenoxy) is 2. The van der Waals surface area contributed by atoms with Gasteiger partial charge >= 0.3 is 0 Å². The molecule has 9 nitrogen and oxygen atoms in total. The molecule has 3 rings (SSSR count). The molecule has 2 aromatic heterocycles. The second-order valence-electron chi connectivity index (χ2n) is 5.90. The van der Waals surface area contributed by atoms with Crippen LogP contribution in [0.15, 0.2) is 12.4 Å². The van der Waals surface area contributed by atoms with Gasteiger partial charge in [0, 0.05) is 26.1 Å². The minimum absolute atomic E-state index is 0.173. The average molecular weight is 385 g/mol. The Morgan fingerprint density at radius 1 is 1.38 bits per heavy atom. The standard InChI is InChI=1S/C15H20FN5O4S/c1-8-4-9(25-11-5-10(24-3)18-7-19-11)6-21(8)15(22,23)12-13(16)20-14(17-2)26-12/h5,7-9,22-23H,4,6H2,1-3H3,(H,17,20). The number of aromatic nitrogens is 3. The Morgan fingerprint density at radius 2 is 2.12 bits per heavy atom. The van der Waals surface area contributed by atoms with E-state index >= 15 is 0 Å². The van der Waals surface area contributed by atoms with E-state index in [-0.39, 0.29) is 28.7 Å². The Bertz CT molecular complexity index is 774. The number of nitrogens with zero attached hydrogens (tertiary/aromatic N) is 4. The van der Waals surface area contributed by atoms with Crippen molar-refractivity contribution < 1.29 is 24.1 Å². The highest BCUT2D eigenvalue weighted by Crippen LogP contribution is 2.37. The lowest BCUT2D eigenvalue weighted by Gasteiger charge is -2.33. The molecule has 0 spiro atoms. The number of aliphatic hydroxyl groups is 2. The van der Waals surface area contributed by atoms with Crippen molar-refractivity contribution in [1.82, 2.24) is 19.9 Å². The summed E-state index contributed by atoms with van der Waals surface area (Å²) in [5.41, 5.74) is 0. The van der Waals surface area contributed by atoms with Crippen molar-refractivity contribution in [3.63, 3.8) is 0 Å². The molecule has 2 aromatic rings. The third-order valence-corrected chi connectivity index (χ3v) is 5.29. The number of halogens is 1. The SMILES string of the molecule is CNc1nc(F)c(C(O)(O)N2CC(Oc3cc(OC)ncn3)CC2C)s1. The van der Waals surface area contributed by atoms with E-state index in [1.807, 2.05) is 6.92 Å². The summed E-state index contributed by atoms with van der Waals surface area (Å²) >= 11 is 0.849. The molecular formula is C15H20FN5O4S. The van der Waals surface area contributed by atoms with E-state index in [1.165, 1.54) is 18.3 Å². The fourth-order valence-corrected chi connectivity index (χ4v) is 3.72. The van der Waals surface area contributed by atoms with Crippen molar-refractivity contribution in [2.75, 3.05) is 26.0 Å². The summed E-state index contributed by atoms with van der Waals surface area (Å²) in [5, 5.41) is 24.1. The highest BCUT2D eigenvalue weighted by Gasteiger charge is 2.47. The Hall–Kier alpha value is -2.08. The van der Waals surface area contributed by atoms with Gasteiger partial charge < -0.3 is 25.0 Å². The predicted molar refractivity (Wildman–Crippen MR) is 91.5 cm³/mol. The van der Waals surface area contributed by atoms with E-state index in [0.717, 1.165) is 11.3 Å². The number of likely N-dealkylation sites (tertiary alicyclic amines) is 1. The second kappa shape index (κ2) is 7.27. The smallest absolute Gasteiger partial charge is 0.268 e. The second-order valence-corrected chi connectivity index (χ2v) is 6.90. The minimum Gasteiger partial charge on any atom is -0.481 e. The predicted octanol–water partition coefficient (Wildman–Crippen LogP) is 0.759. The average Bonchev–Trinajstić information content (AvgIpc) is 3.18. The zero-order valence-electron chi connectivity index (χ0n) is 14.5. The fourth-order valence-electron chi connectivity index (χ4n) is 2.92. The Kier molecular flexibility index (Phi) is 5.23. The molecule has 0 aromatic carbocycles. The highest BCUT2D eigenvalue weighted by molar-refractivity contribution is 7.15. The van der Waals surface area contributed by atoms with Gasteiger partial charge in [-0.25, -0.2) is 14.9 Å². The van der Waals surface area contributed by atoms with Gasteiger partial charge in [0.05, 0.1) is 13.2 Å². The molecule has 3 N–H and O–H groups in total. The lowest BCUT2D eigenvalue weighted by molar-refractivity contribution is -0.278. The Morgan fingerprint density at radius 3 is 2.77 bits per heavy atom. The minimum atomic E-state index is -2.49. The first-order valence-corrected chi connectivity index (χ1v) is 8.75. The fraction of sp³-hybridized carbons (Fsp3) is 0.533. The number of hydrogen-bond donors (Lipinski definition) is 3. The molecule has 0 bridgehead atoms. The van der Waals surface area contributed by atoms with Gasteiger partial charge in [-0.15, -0.1) is 0 Å². The van der Waals surface area contributed by atoms with Gasteiger partial charge in [0.15, 0.2) is 5.13 Å². The van der Waals surface area contributed by atoms with Crippen LogP contribution in [0.4, 0.5) is 9.52 Å². The lowest BCUT2D eigenvalue weighted by Crippen LogP contribution is -2.48. The van der Waals surface area contributed by atoms with E-state index in [4.69, 9.17) is 9.47 Å². The molecule has 0 amide bonds. The largest absolute Gasteiger partial charge is 0.481 e. The van der Waals surface area contributed by atoms with E-state index in [2.05, 4.69) is 20.3 Å². The quantitative estimate of drug-likeness (QED) is 0.620. The molecule has 0 saturated carbocycles. The molecule has 0 radical (unpaired) electrons. The Balaban J connectivity index is 1.75. The molecule has 11 heteroatoms. The summed E-state index contributed by atoms with van der Waals surface area (Å²) in [7, 11) is 3.07. The normalized spacial score (nSPS) is 21.0. The summed E-state index contributed by atoms with van der Waals surface area (Å²) in [4.78, 5) is 12.7. The summed E-state index contributed by atoms with van der Waals surface area (Å²) < 4.78 is 24.9. The monoisotopic (exact) mass is 385 g/mol. The van der Waals surface area contributed by atoms with E-state index in [9.17, 15) is 14.6 Å². The maximum Gasteiger partial charge on any atom is 0.268 e. The van der Waals surface area contributed by atoms with Gasteiger partial charge in [-0.3, -0.25) is 0 Å². The van der Waals surface area contributed by atoms with E-state index < -0.39 is 11.9 Å². The van der Waals surface area contributed by atoms with Crippen molar-refractivity contribution in [3.05, 3.63) is 23.2 Å². The molecule has 2 unspecified atom stereocenters.